The van der Waals surface area contributed by atoms with Gasteiger partial charge in [-0.3, -0.25) is 14.7 Å². The van der Waals surface area contributed by atoms with Gasteiger partial charge in [-0.05, 0) is 43.8 Å². The van der Waals surface area contributed by atoms with Crippen LogP contribution in [0.15, 0.2) is 42.6 Å². The van der Waals surface area contributed by atoms with Crippen LogP contribution in [-0.4, -0.2) is 36.4 Å². The summed E-state index contributed by atoms with van der Waals surface area (Å²) in [5.74, 6) is 0.677. The van der Waals surface area contributed by atoms with Gasteiger partial charge in [-0.1, -0.05) is 12.1 Å². The normalized spacial score (nSPS) is 10.7. The van der Waals surface area contributed by atoms with Crippen molar-refractivity contribution in [2.24, 2.45) is 0 Å². The number of likely N-dealkylation sites (N-methyl/N-ethyl adjacent to an activating group) is 1. The molecule has 0 aliphatic rings. The van der Waals surface area contributed by atoms with E-state index in [1.165, 1.54) is 0 Å². The zero-order valence-electron chi connectivity index (χ0n) is 12.7. The average Bonchev–Trinajstić information content (AvgIpc) is 2.47. The number of carbonyl (C=O) groups excluding carboxylic acids is 1. The minimum absolute atomic E-state index is 0.0466. The number of aryl methyl sites for hydroxylation is 1. The Morgan fingerprint density at radius 1 is 1.29 bits per heavy atom. The number of pyridine rings is 1. The number of ketones is 1. The highest BCUT2D eigenvalue weighted by atomic mass is 16.5. The molecule has 0 bridgehead atoms. The van der Waals surface area contributed by atoms with Gasteiger partial charge in [0.05, 0.1) is 24.9 Å². The lowest BCUT2D eigenvalue weighted by atomic mass is 10.1. The van der Waals surface area contributed by atoms with Gasteiger partial charge in [0.25, 0.3) is 0 Å². The predicted molar refractivity (Wildman–Crippen MR) is 82.6 cm³/mol. The summed E-state index contributed by atoms with van der Waals surface area (Å²) in [5.41, 5.74) is 2.64. The lowest BCUT2D eigenvalue weighted by Gasteiger charge is -2.16. The van der Waals surface area contributed by atoms with Crippen LogP contribution in [0.3, 0.4) is 0 Å². The second-order valence-corrected chi connectivity index (χ2v) is 5.12. The molecule has 0 aliphatic heterocycles. The first-order valence-corrected chi connectivity index (χ1v) is 6.86. The molecule has 1 heterocycles. The van der Waals surface area contributed by atoms with Crippen molar-refractivity contribution in [3.63, 3.8) is 0 Å². The van der Waals surface area contributed by atoms with Gasteiger partial charge in [0.2, 0.25) is 0 Å². The summed E-state index contributed by atoms with van der Waals surface area (Å²) in [6.07, 6.45) is 1.76. The smallest absolute Gasteiger partial charge is 0.180 e. The third-order valence-corrected chi connectivity index (χ3v) is 3.23. The van der Waals surface area contributed by atoms with Gasteiger partial charge in [0.1, 0.15) is 5.75 Å². The van der Waals surface area contributed by atoms with E-state index in [1.807, 2.05) is 55.3 Å². The molecule has 0 radical (unpaired) electrons. The molecule has 0 unspecified atom stereocenters. The monoisotopic (exact) mass is 284 g/mol. The molecule has 110 valence electrons. The Kier molecular flexibility index (Phi) is 5.06. The van der Waals surface area contributed by atoms with Gasteiger partial charge in [-0.2, -0.15) is 0 Å². The molecule has 0 amide bonds. The van der Waals surface area contributed by atoms with Crippen LogP contribution in [-0.2, 0) is 6.54 Å². The van der Waals surface area contributed by atoms with E-state index in [0.29, 0.717) is 24.4 Å². The van der Waals surface area contributed by atoms with Crippen molar-refractivity contribution in [1.29, 1.82) is 0 Å². The first-order valence-electron chi connectivity index (χ1n) is 6.86. The van der Waals surface area contributed by atoms with E-state index < -0.39 is 0 Å². The Labute approximate surface area is 125 Å². The quantitative estimate of drug-likeness (QED) is 0.765. The van der Waals surface area contributed by atoms with Gasteiger partial charge < -0.3 is 4.74 Å². The van der Waals surface area contributed by atoms with Crippen LogP contribution in [0.1, 0.15) is 21.6 Å². The second kappa shape index (κ2) is 6.99. The molecule has 2 aromatic rings. The Balaban J connectivity index is 2.04. The number of benzene rings is 1. The van der Waals surface area contributed by atoms with Gasteiger partial charge in [0.15, 0.2) is 5.78 Å². The number of methoxy groups -OCH3 is 1. The number of aromatic nitrogens is 1. The molecule has 0 aliphatic carbocycles. The molecule has 0 N–H and O–H groups in total. The SMILES string of the molecule is COc1cc(C)ccc1C(=O)CN(C)Cc1ccccn1. The number of rotatable bonds is 6. The second-order valence-electron chi connectivity index (χ2n) is 5.12. The topological polar surface area (TPSA) is 42.4 Å². The fourth-order valence-electron chi connectivity index (χ4n) is 2.18. The van der Waals surface area contributed by atoms with E-state index in [9.17, 15) is 4.79 Å². The Hall–Kier alpha value is -2.20. The molecule has 0 saturated carbocycles. The highest BCUT2D eigenvalue weighted by Crippen LogP contribution is 2.20. The van der Waals surface area contributed by atoms with Crippen molar-refractivity contribution < 1.29 is 9.53 Å². The molecule has 2 rings (SSSR count). The van der Waals surface area contributed by atoms with Gasteiger partial charge in [0, 0.05) is 12.7 Å². The molecule has 0 atom stereocenters. The third kappa shape index (κ3) is 4.13. The van der Waals surface area contributed by atoms with Crippen LogP contribution in [0.25, 0.3) is 0 Å². The van der Waals surface area contributed by atoms with E-state index >= 15 is 0 Å². The standard InChI is InChI=1S/C17H20N2O2/c1-13-7-8-15(17(10-13)21-3)16(20)12-19(2)11-14-6-4-5-9-18-14/h4-10H,11-12H2,1-3H3. The molecular weight excluding hydrogens is 264 g/mol. The molecule has 0 fully saturated rings. The van der Waals surface area contributed by atoms with Crippen molar-refractivity contribution in [1.82, 2.24) is 9.88 Å². The molecule has 1 aromatic carbocycles. The zero-order valence-corrected chi connectivity index (χ0v) is 12.7. The maximum Gasteiger partial charge on any atom is 0.180 e. The largest absolute Gasteiger partial charge is 0.496 e. The van der Waals surface area contributed by atoms with Gasteiger partial charge in [-0.15, -0.1) is 0 Å². The number of ether oxygens (including phenoxy) is 1. The first-order chi connectivity index (χ1) is 10.1. The van der Waals surface area contributed by atoms with Crippen LogP contribution < -0.4 is 4.74 Å². The van der Waals surface area contributed by atoms with Crippen molar-refractivity contribution in [2.45, 2.75) is 13.5 Å². The maximum absolute atomic E-state index is 12.4. The summed E-state index contributed by atoms with van der Waals surface area (Å²) >= 11 is 0. The summed E-state index contributed by atoms with van der Waals surface area (Å²) in [6, 6.07) is 11.4. The maximum atomic E-state index is 12.4. The number of nitrogens with zero attached hydrogens (tertiary/aromatic N) is 2. The number of carbonyl (C=O) groups is 1. The van der Waals surface area contributed by atoms with Gasteiger partial charge >= 0.3 is 0 Å². The van der Waals surface area contributed by atoms with Crippen LogP contribution in [0.2, 0.25) is 0 Å². The average molecular weight is 284 g/mol. The first kappa shape index (κ1) is 15.2. The highest BCUT2D eigenvalue weighted by Gasteiger charge is 2.14. The predicted octanol–water partition coefficient (Wildman–Crippen LogP) is 2.71. The van der Waals surface area contributed by atoms with Crippen LogP contribution in [0.4, 0.5) is 0 Å². The van der Waals surface area contributed by atoms with E-state index in [-0.39, 0.29) is 5.78 Å². The highest BCUT2D eigenvalue weighted by molar-refractivity contribution is 6.00. The number of hydrogen-bond acceptors (Lipinski definition) is 4. The number of Topliss-reactive ketones (excluding diaryl/α,β-unsaturated/α-hetero) is 1. The lowest BCUT2D eigenvalue weighted by molar-refractivity contribution is 0.0939. The lowest BCUT2D eigenvalue weighted by Crippen LogP contribution is -2.26. The summed E-state index contributed by atoms with van der Waals surface area (Å²) in [7, 11) is 3.50. The Morgan fingerprint density at radius 2 is 2.10 bits per heavy atom. The van der Waals surface area contributed by atoms with Crippen LogP contribution in [0, 0.1) is 6.92 Å². The van der Waals surface area contributed by atoms with Crippen molar-refractivity contribution in [2.75, 3.05) is 20.7 Å². The summed E-state index contributed by atoms with van der Waals surface area (Å²) < 4.78 is 5.30. The zero-order chi connectivity index (χ0) is 15.2. The molecule has 0 saturated heterocycles. The fraction of sp³-hybridized carbons (Fsp3) is 0.294. The van der Waals surface area contributed by atoms with Crippen molar-refractivity contribution >= 4 is 5.78 Å². The van der Waals surface area contributed by atoms with Crippen molar-refractivity contribution in [3.8, 4) is 5.75 Å². The van der Waals surface area contributed by atoms with Crippen LogP contribution >= 0.6 is 0 Å². The summed E-state index contributed by atoms with van der Waals surface area (Å²) in [4.78, 5) is 18.6. The molecular formula is C17H20N2O2. The Morgan fingerprint density at radius 3 is 2.76 bits per heavy atom. The van der Waals surface area contributed by atoms with E-state index in [0.717, 1.165) is 11.3 Å². The minimum Gasteiger partial charge on any atom is -0.496 e. The van der Waals surface area contributed by atoms with E-state index in [1.54, 1.807) is 13.3 Å². The van der Waals surface area contributed by atoms with Gasteiger partial charge in [-0.25, -0.2) is 0 Å². The molecule has 4 nitrogen and oxygen atoms in total. The summed E-state index contributed by atoms with van der Waals surface area (Å²) in [5, 5.41) is 0. The molecule has 0 spiro atoms. The van der Waals surface area contributed by atoms with Crippen LogP contribution in [0.5, 0.6) is 5.75 Å². The third-order valence-electron chi connectivity index (χ3n) is 3.23. The minimum atomic E-state index is 0.0466. The Bertz CT molecular complexity index is 611. The van der Waals surface area contributed by atoms with E-state index in [2.05, 4.69) is 4.98 Å². The number of hydrogen-bond donors (Lipinski definition) is 0. The molecule has 1 aromatic heterocycles. The van der Waals surface area contributed by atoms with E-state index in [4.69, 9.17) is 4.74 Å². The van der Waals surface area contributed by atoms with Crippen molar-refractivity contribution in [3.05, 3.63) is 59.4 Å². The summed E-state index contributed by atoms with van der Waals surface area (Å²) in [6.45, 7) is 2.95. The molecule has 4 heteroatoms. The molecule has 21 heavy (non-hydrogen) atoms. The fourth-order valence-corrected chi connectivity index (χ4v) is 2.18.